The molecule has 10 heteroatoms. The van der Waals surface area contributed by atoms with E-state index in [1.165, 1.54) is 38.5 Å². The van der Waals surface area contributed by atoms with Crippen molar-refractivity contribution in [3.63, 3.8) is 0 Å². The number of carboxylic acid groups (broad SMARTS) is 2. The van der Waals surface area contributed by atoms with Gasteiger partial charge < -0.3 is 42.5 Å². The Morgan fingerprint density at radius 2 is 0.947 bits per heavy atom. The lowest BCUT2D eigenvalue weighted by Crippen LogP contribution is -2.23. The zero-order valence-corrected chi connectivity index (χ0v) is 24.3. The molecule has 0 bridgehead atoms. The van der Waals surface area contributed by atoms with Gasteiger partial charge >= 0.3 is 11.9 Å². The molecular formula is C28H62N4O6. The Labute approximate surface area is 232 Å². The van der Waals surface area contributed by atoms with Crippen molar-refractivity contribution in [3.05, 3.63) is 0 Å². The number of carbonyl (C=O) groups is 2. The molecule has 0 saturated carbocycles. The Morgan fingerprint density at radius 3 is 1.29 bits per heavy atom. The molecule has 0 aromatic rings. The van der Waals surface area contributed by atoms with Crippen LogP contribution >= 0.6 is 0 Å². The van der Waals surface area contributed by atoms with Gasteiger partial charge in [-0.3, -0.25) is 9.59 Å². The Morgan fingerprint density at radius 1 is 0.579 bits per heavy atom. The van der Waals surface area contributed by atoms with Gasteiger partial charge in [-0.15, -0.1) is 0 Å². The van der Waals surface area contributed by atoms with Crippen molar-refractivity contribution in [2.45, 2.75) is 110 Å². The first-order valence-electron chi connectivity index (χ1n) is 14.9. The highest BCUT2D eigenvalue weighted by molar-refractivity contribution is 5.92. The van der Waals surface area contributed by atoms with Crippen LogP contribution in [-0.4, -0.2) is 84.8 Å². The maximum Gasteiger partial charge on any atom is 0.317 e. The van der Waals surface area contributed by atoms with Crippen LogP contribution in [0.1, 0.15) is 110 Å². The lowest BCUT2D eigenvalue weighted by atomic mass is 10.00. The molecule has 0 atom stereocenters. The third-order valence-electron chi connectivity index (χ3n) is 5.83. The molecule has 10 nitrogen and oxygen atoms in total. The highest BCUT2D eigenvalue weighted by atomic mass is 16.4. The first-order valence-corrected chi connectivity index (χ1v) is 14.9. The Hall–Kier alpha value is -1.30. The summed E-state index contributed by atoms with van der Waals surface area (Å²) in [6.07, 6.45) is 16.7. The summed E-state index contributed by atoms with van der Waals surface area (Å²) in [5, 5.41) is 40.6. The second-order valence-corrected chi connectivity index (χ2v) is 9.49. The average Bonchev–Trinajstić information content (AvgIpc) is 2.89. The fourth-order valence-electron chi connectivity index (χ4n) is 3.46. The summed E-state index contributed by atoms with van der Waals surface area (Å²) >= 11 is 0. The van der Waals surface area contributed by atoms with Crippen molar-refractivity contribution in [2.75, 3.05) is 52.5 Å². The summed E-state index contributed by atoms with van der Waals surface area (Å²) in [7, 11) is 0. The van der Waals surface area contributed by atoms with E-state index in [9.17, 15) is 9.59 Å². The van der Waals surface area contributed by atoms with Crippen molar-refractivity contribution in [1.82, 2.24) is 10.6 Å². The summed E-state index contributed by atoms with van der Waals surface area (Å²) < 4.78 is 0. The highest BCUT2D eigenvalue weighted by Crippen LogP contribution is 2.14. The third-order valence-corrected chi connectivity index (χ3v) is 5.83. The second-order valence-electron chi connectivity index (χ2n) is 9.49. The summed E-state index contributed by atoms with van der Waals surface area (Å²) in [6.45, 7) is 8.20. The number of unbranched alkanes of at least 4 members (excludes halogenated alkanes) is 10. The van der Waals surface area contributed by atoms with E-state index in [-0.39, 0.29) is 19.6 Å². The van der Waals surface area contributed by atoms with E-state index in [1.54, 1.807) is 0 Å². The number of hydrogen-bond donors (Lipinski definition) is 8. The fourth-order valence-corrected chi connectivity index (χ4v) is 3.46. The van der Waals surface area contributed by atoms with Crippen LogP contribution in [0.4, 0.5) is 0 Å². The van der Waals surface area contributed by atoms with E-state index in [0.29, 0.717) is 6.42 Å². The van der Waals surface area contributed by atoms with Crippen LogP contribution in [0.25, 0.3) is 0 Å². The molecule has 0 aliphatic carbocycles. The molecule has 0 saturated heterocycles. The van der Waals surface area contributed by atoms with E-state index in [1.807, 2.05) is 0 Å². The molecule has 0 unspecified atom stereocenters. The molecule has 0 radical (unpaired) electrons. The minimum atomic E-state index is -1.23. The average molecular weight is 551 g/mol. The van der Waals surface area contributed by atoms with Gasteiger partial charge in [-0.05, 0) is 84.2 Å². The lowest BCUT2D eigenvalue weighted by Gasteiger charge is -2.06. The predicted molar refractivity (Wildman–Crippen MR) is 156 cm³/mol. The minimum Gasteiger partial charge on any atom is -0.481 e. The maximum absolute atomic E-state index is 10.6. The largest absolute Gasteiger partial charge is 0.481 e. The highest BCUT2D eigenvalue weighted by Gasteiger charge is 2.24. The summed E-state index contributed by atoms with van der Waals surface area (Å²) in [4.78, 5) is 21.3. The van der Waals surface area contributed by atoms with Crippen molar-refractivity contribution in [2.24, 2.45) is 17.4 Å². The van der Waals surface area contributed by atoms with Crippen molar-refractivity contribution in [1.29, 1.82) is 0 Å². The van der Waals surface area contributed by atoms with Gasteiger partial charge in [0.15, 0.2) is 5.92 Å². The van der Waals surface area contributed by atoms with Crippen LogP contribution in [0.5, 0.6) is 0 Å². The van der Waals surface area contributed by atoms with Gasteiger partial charge in [-0.1, -0.05) is 64.7 Å². The minimum absolute atomic E-state index is 0.250. The number of carboxylic acids is 2. The molecule has 0 spiro atoms. The van der Waals surface area contributed by atoms with Crippen LogP contribution in [0.3, 0.4) is 0 Å². The number of aliphatic carboxylic acids is 2. The quantitative estimate of drug-likeness (QED) is 0.0586. The van der Waals surface area contributed by atoms with Crippen LogP contribution in [0.15, 0.2) is 0 Å². The Kier molecular flexibility index (Phi) is 41.0. The number of aliphatic hydroxyl groups is 2. The lowest BCUT2D eigenvalue weighted by molar-refractivity contribution is -0.154. The van der Waals surface area contributed by atoms with Gasteiger partial charge in [-0.2, -0.15) is 0 Å². The molecule has 0 aromatic heterocycles. The first-order chi connectivity index (χ1) is 18.4. The number of hydrogen-bond acceptors (Lipinski definition) is 8. The molecule has 230 valence electrons. The van der Waals surface area contributed by atoms with E-state index >= 15 is 0 Å². The van der Waals surface area contributed by atoms with E-state index in [2.05, 4.69) is 17.6 Å². The molecular weight excluding hydrogens is 488 g/mol. The monoisotopic (exact) mass is 550 g/mol. The molecule has 0 fully saturated rings. The predicted octanol–water partition coefficient (Wildman–Crippen LogP) is 3.09. The van der Waals surface area contributed by atoms with E-state index in [0.717, 1.165) is 90.6 Å². The van der Waals surface area contributed by atoms with Gasteiger partial charge in [0, 0.05) is 13.2 Å². The van der Waals surface area contributed by atoms with Crippen molar-refractivity contribution in [3.8, 4) is 0 Å². The molecule has 0 aromatic carbocycles. The number of nitrogens with one attached hydrogen (secondary N) is 2. The Bertz CT molecular complexity index is 427. The van der Waals surface area contributed by atoms with Crippen LogP contribution in [-0.2, 0) is 9.59 Å². The number of aliphatic hydroxyl groups excluding tert-OH is 2. The van der Waals surface area contributed by atoms with Gasteiger partial charge in [0.1, 0.15) is 0 Å². The summed E-state index contributed by atoms with van der Waals surface area (Å²) in [6, 6.07) is 0. The SMILES string of the molecule is CCCCCCCCCCCC(C(=O)O)C(=O)O.NCCCCNCCCO.NCCCCNCCCO. The zero-order chi connectivity index (χ0) is 29.1. The first kappa shape index (κ1) is 41.2. The fraction of sp³-hybridized carbons (Fsp3) is 0.929. The molecule has 0 aliphatic rings. The third kappa shape index (κ3) is 39.2. The van der Waals surface area contributed by atoms with Crippen LogP contribution < -0.4 is 22.1 Å². The Balaban J connectivity index is -0.000000522. The molecule has 0 rings (SSSR count). The van der Waals surface area contributed by atoms with Gasteiger partial charge in [0.2, 0.25) is 0 Å². The molecule has 0 heterocycles. The van der Waals surface area contributed by atoms with Crippen molar-refractivity contribution >= 4 is 11.9 Å². The van der Waals surface area contributed by atoms with Crippen LogP contribution in [0, 0.1) is 5.92 Å². The van der Waals surface area contributed by atoms with Gasteiger partial charge in [-0.25, -0.2) is 0 Å². The van der Waals surface area contributed by atoms with E-state index < -0.39 is 17.9 Å². The molecule has 10 N–H and O–H groups in total. The molecule has 0 amide bonds. The smallest absolute Gasteiger partial charge is 0.317 e. The van der Waals surface area contributed by atoms with Crippen LogP contribution in [0.2, 0.25) is 0 Å². The van der Waals surface area contributed by atoms with Gasteiger partial charge in [0.25, 0.3) is 0 Å². The second kappa shape index (κ2) is 37.9. The zero-order valence-electron chi connectivity index (χ0n) is 24.3. The normalized spacial score (nSPS) is 10.5. The van der Waals surface area contributed by atoms with Crippen molar-refractivity contribution < 1.29 is 30.0 Å². The summed E-state index contributed by atoms with van der Waals surface area (Å²) in [5.74, 6) is -3.67. The topological polar surface area (TPSA) is 191 Å². The number of rotatable bonds is 26. The van der Waals surface area contributed by atoms with E-state index in [4.69, 9.17) is 31.9 Å². The standard InChI is InChI=1S/C14H26O4.2C7H18N2O/c1-2-3-4-5-6-7-8-9-10-11-12(13(15)16)14(17)18;2*8-4-1-2-5-9-6-3-7-10/h12H,2-11H2,1H3,(H,15,16)(H,17,18);2*9-10H,1-8H2. The molecule has 38 heavy (non-hydrogen) atoms. The molecule has 0 aliphatic heterocycles. The van der Waals surface area contributed by atoms with Gasteiger partial charge in [0.05, 0.1) is 0 Å². The number of nitrogens with two attached hydrogens (primary N) is 2. The summed E-state index contributed by atoms with van der Waals surface area (Å²) in [5.41, 5.74) is 10.6. The maximum atomic E-state index is 10.6.